The number of para-hydroxylation sites is 2. The van der Waals surface area contributed by atoms with Crippen LogP contribution in [0, 0.1) is 6.92 Å². The van der Waals surface area contributed by atoms with Gasteiger partial charge >= 0.3 is 0 Å². The van der Waals surface area contributed by atoms with Crippen molar-refractivity contribution in [3.63, 3.8) is 0 Å². The van der Waals surface area contributed by atoms with E-state index in [9.17, 15) is 9.59 Å². The molecule has 1 amide bonds. The quantitative estimate of drug-likeness (QED) is 0.564. The molecule has 0 saturated carbocycles. The van der Waals surface area contributed by atoms with E-state index in [2.05, 4.69) is 10.3 Å². The highest BCUT2D eigenvalue weighted by Gasteiger charge is 2.25. The largest absolute Gasteiger partial charge is 0.323 e. The molecule has 1 atom stereocenters. The van der Waals surface area contributed by atoms with Gasteiger partial charge in [-0.15, -0.1) is 0 Å². The Morgan fingerprint density at radius 1 is 1.18 bits per heavy atom. The second kappa shape index (κ2) is 7.13. The topological polar surface area (TPSA) is 68.4 Å². The molecule has 0 saturated heterocycles. The molecule has 2 aromatic carbocycles. The van der Waals surface area contributed by atoms with Gasteiger partial charge in [-0.3, -0.25) is 14.3 Å². The minimum absolute atomic E-state index is 0.184. The number of rotatable bonds is 4. The number of hydrogen-bond acceptors (Lipinski definition) is 3. The Balaban J connectivity index is 1.91. The van der Waals surface area contributed by atoms with E-state index in [0.29, 0.717) is 22.8 Å². The van der Waals surface area contributed by atoms with Crippen LogP contribution in [0.4, 0.5) is 5.69 Å². The summed E-state index contributed by atoms with van der Waals surface area (Å²) < 4.78 is 3.74. The number of benzene rings is 2. The van der Waals surface area contributed by atoms with Gasteiger partial charge in [0.1, 0.15) is 6.04 Å². The van der Waals surface area contributed by atoms with Gasteiger partial charge < -0.3 is 5.32 Å². The number of carbonyl (C=O) groups excluding carboxylic acids is 1. The molecule has 6 nitrogen and oxygen atoms in total. The summed E-state index contributed by atoms with van der Waals surface area (Å²) in [5.74, 6) is -0.184. The zero-order valence-corrected chi connectivity index (χ0v) is 16.3. The minimum atomic E-state index is -0.512. The highest BCUT2D eigenvalue weighted by atomic mass is 35.5. The SMILES string of the molecule is CC[C@@H](C(=O)Nc1ccccc1Cl)n1c2ccccc2c2nc(=O)cc(C)n21. The molecule has 0 aliphatic rings. The summed E-state index contributed by atoms with van der Waals surface area (Å²) in [4.78, 5) is 29.3. The monoisotopic (exact) mass is 394 g/mol. The molecule has 0 aliphatic heterocycles. The Morgan fingerprint density at radius 2 is 1.89 bits per heavy atom. The third-order valence-corrected chi connectivity index (χ3v) is 5.14. The van der Waals surface area contributed by atoms with Crippen LogP contribution in [0.2, 0.25) is 5.02 Å². The number of carbonyl (C=O) groups is 1. The van der Waals surface area contributed by atoms with Crippen molar-refractivity contribution < 1.29 is 4.79 Å². The fourth-order valence-electron chi connectivity index (χ4n) is 3.56. The number of anilines is 1. The van der Waals surface area contributed by atoms with Crippen molar-refractivity contribution in [2.75, 3.05) is 5.32 Å². The van der Waals surface area contributed by atoms with Crippen molar-refractivity contribution in [2.45, 2.75) is 26.3 Å². The van der Waals surface area contributed by atoms with E-state index in [1.807, 2.05) is 59.4 Å². The Labute approximate surface area is 166 Å². The lowest BCUT2D eigenvalue weighted by Crippen LogP contribution is -2.29. The molecule has 7 heteroatoms. The zero-order valence-electron chi connectivity index (χ0n) is 15.5. The van der Waals surface area contributed by atoms with Crippen LogP contribution in [0.25, 0.3) is 16.6 Å². The number of aromatic nitrogens is 3. The fourth-order valence-corrected chi connectivity index (χ4v) is 3.75. The third-order valence-electron chi connectivity index (χ3n) is 4.81. The lowest BCUT2D eigenvalue weighted by Gasteiger charge is -2.21. The summed E-state index contributed by atoms with van der Waals surface area (Å²) >= 11 is 6.20. The number of amides is 1. The van der Waals surface area contributed by atoms with Crippen LogP contribution in [0.1, 0.15) is 25.1 Å². The van der Waals surface area contributed by atoms with Crippen LogP contribution in [0.5, 0.6) is 0 Å². The van der Waals surface area contributed by atoms with Gasteiger partial charge in [-0.2, -0.15) is 4.98 Å². The molecule has 0 unspecified atom stereocenters. The number of halogens is 1. The number of nitrogens with zero attached hydrogens (tertiary/aromatic N) is 3. The minimum Gasteiger partial charge on any atom is -0.323 e. The van der Waals surface area contributed by atoms with Crippen molar-refractivity contribution in [3.8, 4) is 0 Å². The van der Waals surface area contributed by atoms with Gasteiger partial charge in [0.25, 0.3) is 5.56 Å². The van der Waals surface area contributed by atoms with Crippen LogP contribution in [0.3, 0.4) is 0 Å². The molecule has 0 fully saturated rings. The van der Waals surface area contributed by atoms with Crippen molar-refractivity contribution in [1.82, 2.24) is 14.2 Å². The Bertz CT molecular complexity index is 1260. The summed E-state index contributed by atoms with van der Waals surface area (Å²) in [7, 11) is 0. The third kappa shape index (κ3) is 2.96. The smallest absolute Gasteiger partial charge is 0.273 e. The molecule has 1 N–H and O–H groups in total. The maximum absolute atomic E-state index is 13.2. The fraction of sp³-hybridized carbons (Fsp3) is 0.190. The van der Waals surface area contributed by atoms with Gasteiger partial charge in [0.05, 0.1) is 16.2 Å². The maximum atomic E-state index is 13.2. The Kier molecular flexibility index (Phi) is 4.65. The van der Waals surface area contributed by atoms with Crippen molar-refractivity contribution in [1.29, 1.82) is 0 Å². The van der Waals surface area contributed by atoms with E-state index < -0.39 is 6.04 Å². The molecule has 2 heterocycles. The first-order valence-corrected chi connectivity index (χ1v) is 9.44. The first-order valence-electron chi connectivity index (χ1n) is 9.06. The number of nitrogens with one attached hydrogen (secondary N) is 1. The van der Waals surface area contributed by atoms with Crippen LogP contribution in [-0.4, -0.2) is 20.1 Å². The standard InChI is InChI=1S/C21H19ClN4O2/c1-3-17(21(28)23-16-10-6-5-9-15(16)22)26-18-11-7-4-8-14(18)20-24-19(27)12-13(2)25(20)26/h4-12,17H,3H2,1-2H3,(H,23,28)/t17-/m0/s1. The van der Waals surface area contributed by atoms with E-state index in [1.54, 1.807) is 12.1 Å². The predicted octanol–water partition coefficient (Wildman–Crippen LogP) is 4.20. The molecule has 0 spiro atoms. The van der Waals surface area contributed by atoms with Gasteiger partial charge in [-0.05, 0) is 37.6 Å². The summed E-state index contributed by atoms with van der Waals surface area (Å²) in [6, 6.07) is 15.7. The van der Waals surface area contributed by atoms with Crippen LogP contribution in [0.15, 0.2) is 59.4 Å². The van der Waals surface area contributed by atoms with Gasteiger partial charge in [-0.1, -0.05) is 42.8 Å². The number of fused-ring (bicyclic) bond motifs is 3. The van der Waals surface area contributed by atoms with Crippen LogP contribution >= 0.6 is 11.6 Å². The van der Waals surface area contributed by atoms with Gasteiger partial charge in [0.15, 0.2) is 5.65 Å². The molecule has 142 valence electrons. The predicted molar refractivity (Wildman–Crippen MR) is 111 cm³/mol. The van der Waals surface area contributed by atoms with E-state index in [1.165, 1.54) is 6.07 Å². The average Bonchev–Trinajstić information content (AvgIpc) is 2.99. The summed E-state index contributed by atoms with van der Waals surface area (Å²) in [6.07, 6.45) is 0.551. The molecule has 0 aliphatic carbocycles. The Morgan fingerprint density at radius 3 is 2.64 bits per heavy atom. The first kappa shape index (κ1) is 18.3. The normalized spacial score (nSPS) is 12.4. The van der Waals surface area contributed by atoms with Gasteiger partial charge in [0, 0.05) is 17.1 Å². The average molecular weight is 395 g/mol. The second-order valence-corrected chi connectivity index (χ2v) is 7.03. The maximum Gasteiger partial charge on any atom is 0.273 e. The van der Waals surface area contributed by atoms with E-state index in [4.69, 9.17) is 11.6 Å². The lowest BCUT2D eigenvalue weighted by molar-refractivity contribution is -0.119. The molecule has 0 radical (unpaired) electrons. The van der Waals surface area contributed by atoms with Crippen molar-refractivity contribution >= 4 is 39.7 Å². The van der Waals surface area contributed by atoms with Gasteiger partial charge in [-0.25, -0.2) is 4.52 Å². The molecular weight excluding hydrogens is 376 g/mol. The van der Waals surface area contributed by atoms with Crippen molar-refractivity contribution in [2.24, 2.45) is 0 Å². The number of aryl methyl sites for hydroxylation is 1. The highest BCUT2D eigenvalue weighted by Crippen LogP contribution is 2.28. The van der Waals surface area contributed by atoms with E-state index in [0.717, 1.165) is 16.6 Å². The zero-order chi connectivity index (χ0) is 19.8. The molecular formula is C21H19ClN4O2. The first-order chi connectivity index (χ1) is 13.5. The summed E-state index contributed by atoms with van der Waals surface area (Å²) in [5, 5.41) is 4.23. The van der Waals surface area contributed by atoms with E-state index >= 15 is 0 Å². The second-order valence-electron chi connectivity index (χ2n) is 6.63. The summed E-state index contributed by atoms with van der Waals surface area (Å²) in [6.45, 7) is 3.78. The number of hydrogen-bond donors (Lipinski definition) is 1. The lowest BCUT2D eigenvalue weighted by atomic mass is 10.2. The Hall–Kier alpha value is -3.12. The molecule has 4 aromatic rings. The highest BCUT2D eigenvalue weighted by molar-refractivity contribution is 6.33. The van der Waals surface area contributed by atoms with Crippen LogP contribution in [-0.2, 0) is 4.79 Å². The molecule has 0 bridgehead atoms. The van der Waals surface area contributed by atoms with Gasteiger partial charge in [0.2, 0.25) is 5.91 Å². The summed E-state index contributed by atoms with van der Waals surface area (Å²) in [5.41, 5.74) is 2.37. The molecule has 2 aromatic heterocycles. The molecule has 4 rings (SSSR count). The van der Waals surface area contributed by atoms with Crippen molar-refractivity contribution in [3.05, 3.63) is 75.7 Å². The molecule has 28 heavy (non-hydrogen) atoms. The van der Waals surface area contributed by atoms with E-state index in [-0.39, 0.29) is 11.5 Å². The van der Waals surface area contributed by atoms with Crippen LogP contribution < -0.4 is 10.9 Å².